The van der Waals surface area contributed by atoms with E-state index >= 15 is 0 Å². The van der Waals surface area contributed by atoms with Gasteiger partial charge in [-0.1, -0.05) is 0 Å². The third-order valence-electron chi connectivity index (χ3n) is 3.40. The largest absolute Gasteiger partial charge is 0.385 e. The van der Waals surface area contributed by atoms with Gasteiger partial charge < -0.3 is 15.2 Å². The Morgan fingerprint density at radius 2 is 2.05 bits per heavy atom. The van der Waals surface area contributed by atoms with Gasteiger partial charge in [-0.15, -0.1) is 0 Å². The Labute approximate surface area is 121 Å². The van der Waals surface area contributed by atoms with Crippen LogP contribution in [-0.2, 0) is 16.0 Å². The highest BCUT2D eigenvalue weighted by molar-refractivity contribution is 5.11. The van der Waals surface area contributed by atoms with E-state index in [9.17, 15) is 0 Å². The first kappa shape index (κ1) is 17.1. The van der Waals surface area contributed by atoms with Gasteiger partial charge in [0.05, 0.1) is 18.8 Å². The lowest BCUT2D eigenvalue weighted by molar-refractivity contribution is 0.108. The summed E-state index contributed by atoms with van der Waals surface area (Å²) in [6.07, 6.45) is 4.98. The Kier molecular flexibility index (Phi) is 8.45. The molecule has 0 amide bonds. The van der Waals surface area contributed by atoms with E-state index in [0.29, 0.717) is 13.2 Å². The first-order valence-corrected chi connectivity index (χ1v) is 7.21. The molecule has 0 saturated heterocycles. The summed E-state index contributed by atoms with van der Waals surface area (Å²) in [4.78, 5) is 2.35. The van der Waals surface area contributed by atoms with Crippen molar-refractivity contribution in [3.8, 4) is 0 Å². The molecular weight excluding hydrogens is 256 g/mol. The first-order valence-electron chi connectivity index (χ1n) is 7.21. The second kappa shape index (κ2) is 9.88. The van der Waals surface area contributed by atoms with Crippen molar-refractivity contribution in [1.82, 2.24) is 14.7 Å². The van der Waals surface area contributed by atoms with Crippen molar-refractivity contribution >= 4 is 0 Å². The molecule has 0 aliphatic carbocycles. The Bertz CT molecular complexity index is 357. The highest BCUT2D eigenvalue weighted by atomic mass is 16.5. The van der Waals surface area contributed by atoms with Gasteiger partial charge in [0.1, 0.15) is 0 Å². The zero-order valence-electron chi connectivity index (χ0n) is 12.9. The minimum Gasteiger partial charge on any atom is -0.385 e. The van der Waals surface area contributed by atoms with Crippen LogP contribution in [0.15, 0.2) is 12.4 Å². The molecule has 1 atom stereocenters. The van der Waals surface area contributed by atoms with E-state index < -0.39 is 0 Å². The lowest BCUT2D eigenvalue weighted by atomic mass is 10.1. The Morgan fingerprint density at radius 3 is 2.60 bits per heavy atom. The summed E-state index contributed by atoms with van der Waals surface area (Å²) in [7, 11) is 3.45. The van der Waals surface area contributed by atoms with Crippen molar-refractivity contribution < 1.29 is 9.47 Å². The summed E-state index contributed by atoms with van der Waals surface area (Å²) < 4.78 is 12.3. The summed E-state index contributed by atoms with van der Waals surface area (Å²) in [5, 5.41) is 4.34. The Hall–Kier alpha value is -0.950. The zero-order chi connectivity index (χ0) is 14.8. The molecule has 1 aromatic rings. The maximum absolute atomic E-state index is 5.98. The second-order valence-electron chi connectivity index (χ2n) is 4.76. The van der Waals surface area contributed by atoms with Crippen LogP contribution in [0.3, 0.4) is 0 Å². The average Bonchev–Trinajstić information content (AvgIpc) is 2.94. The van der Waals surface area contributed by atoms with Gasteiger partial charge in [-0.25, -0.2) is 0 Å². The number of aromatic nitrogens is 2. The van der Waals surface area contributed by atoms with Crippen molar-refractivity contribution in [2.45, 2.75) is 25.9 Å². The van der Waals surface area contributed by atoms with Crippen molar-refractivity contribution in [1.29, 1.82) is 0 Å². The van der Waals surface area contributed by atoms with Crippen LogP contribution in [0.1, 0.15) is 24.9 Å². The van der Waals surface area contributed by atoms with Crippen molar-refractivity contribution in [3.63, 3.8) is 0 Å². The molecule has 0 fully saturated rings. The molecule has 0 saturated carbocycles. The van der Waals surface area contributed by atoms with Crippen LogP contribution in [0.25, 0.3) is 0 Å². The van der Waals surface area contributed by atoms with Crippen molar-refractivity contribution in [3.05, 3.63) is 18.0 Å². The van der Waals surface area contributed by atoms with Gasteiger partial charge in [0.2, 0.25) is 0 Å². The van der Waals surface area contributed by atoms with E-state index in [1.807, 2.05) is 10.9 Å². The molecule has 0 aromatic carbocycles. The summed E-state index contributed by atoms with van der Waals surface area (Å²) in [6, 6.07) is 0.183. The van der Waals surface area contributed by atoms with Gasteiger partial charge >= 0.3 is 0 Å². The molecule has 0 aliphatic heterocycles. The van der Waals surface area contributed by atoms with Gasteiger partial charge in [-0.2, -0.15) is 5.10 Å². The Balaban J connectivity index is 2.71. The second-order valence-corrected chi connectivity index (χ2v) is 4.76. The normalized spacial score (nSPS) is 13.1. The van der Waals surface area contributed by atoms with E-state index in [2.05, 4.69) is 23.1 Å². The van der Waals surface area contributed by atoms with Gasteiger partial charge in [0.25, 0.3) is 0 Å². The molecule has 116 valence electrons. The van der Waals surface area contributed by atoms with E-state index in [4.69, 9.17) is 15.2 Å². The van der Waals surface area contributed by atoms with Gasteiger partial charge in [0.15, 0.2) is 0 Å². The minimum absolute atomic E-state index is 0.183. The fourth-order valence-corrected chi connectivity index (χ4v) is 2.26. The maximum Gasteiger partial charge on any atom is 0.0589 e. The number of nitrogens with zero attached hydrogens (tertiary/aromatic N) is 3. The minimum atomic E-state index is 0.183. The lowest BCUT2D eigenvalue weighted by Crippen LogP contribution is -2.37. The van der Waals surface area contributed by atoms with E-state index in [1.54, 1.807) is 14.2 Å². The van der Waals surface area contributed by atoms with Crippen LogP contribution in [0.4, 0.5) is 0 Å². The number of ether oxygens (including phenoxy) is 2. The number of hydrogen-bond acceptors (Lipinski definition) is 5. The molecule has 1 unspecified atom stereocenters. The molecule has 1 aromatic heterocycles. The van der Waals surface area contributed by atoms with E-state index in [1.165, 1.54) is 5.56 Å². The number of aryl methyl sites for hydroxylation is 1. The summed E-state index contributed by atoms with van der Waals surface area (Å²) >= 11 is 0. The topological polar surface area (TPSA) is 65.5 Å². The lowest BCUT2D eigenvalue weighted by Gasteiger charge is -2.30. The molecule has 2 N–H and O–H groups in total. The first-order chi connectivity index (χ1) is 9.76. The van der Waals surface area contributed by atoms with Crippen LogP contribution in [0.2, 0.25) is 0 Å². The summed E-state index contributed by atoms with van der Waals surface area (Å²) in [5.41, 5.74) is 7.15. The predicted octanol–water partition coefficient (Wildman–Crippen LogP) is 0.888. The fraction of sp³-hybridized carbons (Fsp3) is 0.786. The van der Waals surface area contributed by atoms with E-state index in [-0.39, 0.29) is 6.04 Å². The molecule has 0 spiro atoms. The number of nitrogens with two attached hydrogens (primary N) is 1. The van der Waals surface area contributed by atoms with Crippen LogP contribution >= 0.6 is 0 Å². The molecule has 0 radical (unpaired) electrons. The third-order valence-corrected chi connectivity index (χ3v) is 3.40. The van der Waals surface area contributed by atoms with Crippen LogP contribution < -0.4 is 5.73 Å². The predicted molar refractivity (Wildman–Crippen MR) is 79.6 cm³/mol. The van der Waals surface area contributed by atoms with Gasteiger partial charge in [0, 0.05) is 58.8 Å². The Morgan fingerprint density at radius 1 is 1.30 bits per heavy atom. The highest BCUT2D eigenvalue weighted by Gasteiger charge is 2.20. The smallest absolute Gasteiger partial charge is 0.0589 e. The monoisotopic (exact) mass is 284 g/mol. The quantitative estimate of drug-likeness (QED) is 0.611. The summed E-state index contributed by atoms with van der Waals surface area (Å²) in [6.45, 7) is 6.79. The van der Waals surface area contributed by atoms with Crippen LogP contribution in [-0.4, -0.2) is 61.7 Å². The maximum atomic E-state index is 5.98. The highest BCUT2D eigenvalue weighted by Crippen LogP contribution is 2.19. The standard InChI is InChI=1S/C14H28N4O2/c1-4-18-12-13(11-16-18)14(10-15)17(7-9-20-3)6-5-8-19-2/h11-12,14H,4-10,15H2,1-3H3. The van der Waals surface area contributed by atoms with Gasteiger partial charge in [-0.3, -0.25) is 9.58 Å². The summed E-state index contributed by atoms with van der Waals surface area (Å²) in [5.74, 6) is 0. The van der Waals surface area contributed by atoms with E-state index in [0.717, 1.165) is 32.7 Å². The molecular formula is C14H28N4O2. The number of rotatable bonds is 11. The molecule has 0 bridgehead atoms. The van der Waals surface area contributed by atoms with Gasteiger partial charge in [-0.05, 0) is 13.3 Å². The number of hydrogen-bond donors (Lipinski definition) is 1. The number of methoxy groups -OCH3 is 2. The molecule has 1 heterocycles. The molecule has 1 rings (SSSR count). The average molecular weight is 284 g/mol. The SMILES string of the molecule is CCn1cc(C(CN)N(CCCOC)CCOC)cn1. The van der Waals surface area contributed by atoms with Crippen LogP contribution in [0, 0.1) is 0 Å². The van der Waals surface area contributed by atoms with Crippen molar-refractivity contribution in [2.75, 3.05) is 47.1 Å². The molecule has 6 heteroatoms. The van der Waals surface area contributed by atoms with Crippen molar-refractivity contribution in [2.24, 2.45) is 5.73 Å². The van der Waals surface area contributed by atoms with Crippen LogP contribution in [0.5, 0.6) is 0 Å². The molecule has 0 aliphatic rings. The fourth-order valence-electron chi connectivity index (χ4n) is 2.26. The zero-order valence-corrected chi connectivity index (χ0v) is 12.9. The third kappa shape index (κ3) is 5.20. The molecule has 6 nitrogen and oxygen atoms in total. The molecule has 20 heavy (non-hydrogen) atoms.